The van der Waals surface area contributed by atoms with Crippen molar-refractivity contribution in [3.8, 4) is 5.75 Å². The van der Waals surface area contributed by atoms with Crippen LogP contribution >= 0.6 is 0 Å². The molecule has 1 N–H and O–H groups in total. The van der Waals surface area contributed by atoms with Gasteiger partial charge in [0.15, 0.2) is 0 Å². The zero-order valence-corrected chi connectivity index (χ0v) is 6.96. The van der Waals surface area contributed by atoms with Gasteiger partial charge in [-0.3, -0.25) is 0 Å². The van der Waals surface area contributed by atoms with Crippen LogP contribution in [-0.4, -0.2) is 19.6 Å². The van der Waals surface area contributed by atoms with Crippen molar-refractivity contribution in [1.82, 2.24) is 0 Å². The molecule has 1 aromatic carbocycles. The Labute approximate surface area is 64.7 Å². The molecule has 2 aromatic rings. The van der Waals surface area contributed by atoms with Crippen LogP contribution in [0.3, 0.4) is 0 Å². The Morgan fingerprint density at radius 1 is 1.20 bits per heavy atom. The summed E-state index contributed by atoms with van der Waals surface area (Å²) in [6.07, 6.45) is 0. The van der Waals surface area contributed by atoms with Crippen LogP contribution in [0.5, 0.6) is 5.75 Å². The van der Waals surface area contributed by atoms with Crippen LogP contribution < -0.4 is 0 Å². The van der Waals surface area contributed by atoms with Crippen molar-refractivity contribution in [2.75, 3.05) is 0 Å². The molecule has 2 heteroatoms. The SMILES string of the molecule is Oc1c[se]c2ccccc12. The third kappa shape index (κ3) is 0.772. The van der Waals surface area contributed by atoms with Gasteiger partial charge in [0.25, 0.3) is 0 Å². The predicted molar refractivity (Wildman–Crippen MR) is 42.6 cm³/mol. The molecule has 0 amide bonds. The summed E-state index contributed by atoms with van der Waals surface area (Å²) in [6.45, 7) is 0. The van der Waals surface area contributed by atoms with E-state index in [2.05, 4.69) is 6.07 Å². The Morgan fingerprint density at radius 2 is 2.00 bits per heavy atom. The molecular formula is C8H6OSe. The van der Waals surface area contributed by atoms with Crippen LogP contribution in [0.15, 0.2) is 29.2 Å². The van der Waals surface area contributed by atoms with Crippen LogP contribution in [0.2, 0.25) is 0 Å². The third-order valence-electron chi connectivity index (χ3n) is 1.46. The molecule has 0 aliphatic heterocycles. The second-order valence-electron chi connectivity index (χ2n) is 2.12. The monoisotopic (exact) mass is 198 g/mol. The van der Waals surface area contributed by atoms with E-state index in [9.17, 15) is 5.11 Å². The molecule has 1 heterocycles. The summed E-state index contributed by atoms with van der Waals surface area (Å²) < 4.78 is 1.28. The number of hydrogen-bond acceptors (Lipinski definition) is 1. The molecule has 50 valence electrons. The standard InChI is InChI=1S/C8H6OSe/c9-7-5-10-8-4-2-1-3-6(7)8/h1-5,9H. The Balaban J connectivity index is 2.93. The quantitative estimate of drug-likeness (QED) is 0.636. The molecule has 0 spiro atoms. The Bertz CT molecular complexity index is 351. The van der Waals surface area contributed by atoms with Crippen LogP contribution in [0, 0.1) is 0 Å². The summed E-state index contributed by atoms with van der Waals surface area (Å²) in [4.78, 5) is 1.90. The fourth-order valence-corrected chi connectivity index (χ4v) is 2.69. The number of rotatable bonds is 0. The van der Waals surface area contributed by atoms with Gasteiger partial charge in [-0.05, 0) is 0 Å². The van der Waals surface area contributed by atoms with Crippen LogP contribution in [0.4, 0.5) is 0 Å². The van der Waals surface area contributed by atoms with E-state index in [1.165, 1.54) is 4.26 Å². The van der Waals surface area contributed by atoms with Gasteiger partial charge in [0.1, 0.15) is 0 Å². The molecule has 0 radical (unpaired) electrons. The normalized spacial score (nSPS) is 10.4. The van der Waals surface area contributed by atoms with Crippen molar-refractivity contribution in [3.05, 3.63) is 29.2 Å². The van der Waals surface area contributed by atoms with Crippen molar-refractivity contribution < 1.29 is 5.11 Å². The second kappa shape index (κ2) is 2.15. The van der Waals surface area contributed by atoms with Crippen molar-refractivity contribution in [3.63, 3.8) is 0 Å². The fraction of sp³-hybridized carbons (Fsp3) is 0. The average molecular weight is 197 g/mol. The molecule has 0 bridgehead atoms. The van der Waals surface area contributed by atoms with E-state index in [4.69, 9.17) is 0 Å². The first-order valence-corrected chi connectivity index (χ1v) is 4.88. The van der Waals surface area contributed by atoms with E-state index in [1.54, 1.807) is 0 Å². The molecule has 0 fully saturated rings. The van der Waals surface area contributed by atoms with Gasteiger partial charge in [-0.25, -0.2) is 0 Å². The summed E-state index contributed by atoms with van der Waals surface area (Å²) >= 11 is 0.362. The van der Waals surface area contributed by atoms with Crippen LogP contribution in [0.1, 0.15) is 0 Å². The molecule has 0 saturated heterocycles. The topological polar surface area (TPSA) is 20.2 Å². The van der Waals surface area contributed by atoms with Gasteiger partial charge < -0.3 is 0 Å². The van der Waals surface area contributed by atoms with E-state index in [0.717, 1.165) is 5.39 Å². The average Bonchev–Trinajstić information content (AvgIpc) is 2.34. The first kappa shape index (κ1) is 6.02. The Hall–Kier alpha value is -0.721. The zero-order valence-electron chi connectivity index (χ0n) is 5.24. The molecule has 1 nitrogen and oxygen atoms in total. The molecule has 1 aromatic heterocycles. The fourth-order valence-electron chi connectivity index (χ4n) is 0.964. The molecule has 0 unspecified atom stereocenters. The molecule has 2 rings (SSSR count). The van der Waals surface area contributed by atoms with Gasteiger partial charge in [0.05, 0.1) is 0 Å². The minimum absolute atomic E-state index is 0.362. The van der Waals surface area contributed by atoms with Gasteiger partial charge in [-0.2, -0.15) is 0 Å². The minimum atomic E-state index is 0.362. The summed E-state index contributed by atoms with van der Waals surface area (Å²) in [5.74, 6) is 0.454. The maximum absolute atomic E-state index is 9.26. The third-order valence-corrected chi connectivity index (χ3v) is 3.46. The van der Waals surface area contributed by atoms with Gasteiger partial charge >= 0.3 is 64.2 Å². The van der Waals surface area contributed by atoms with Gasteiger partial charge in [-0.15, -0.1) is 0 Å². The summed E-state index contributed by atoms with van der Waals surface area (Å²) in [7, 11) is 0. The van der Waals surface area contributed by atoms with E-state index in [1.807, 2.05) is 23.1 Å². The number of aromatic hydroxyl groups is 1. The molecule has 0 aliphatic rings. The van der Waals surface area contributed by atoms with Crippen molar-refractivity contribution in [2.45, 2.75) is 0 Å². The van der Waals surface area contributed by atoms with E-state index < -0.39 is 0 Å². The van der Waals surface area contributed by atoms with Crippen molar-refractivity contribution in [1.29, 1.82) is 0 Å². The maximum atomic E-state index is 9.26. The zero-order chi connectivity index (χ0) is 6.97. The molecule has 0 saturated carbocycles. The van der Waals surface area contributed by atoms with Crippen LogP contribution in [0.25, 0.3) is 9.65 Å². The number of fused-ring (bicyclic) bond motifs is 1. The first-order valence-electron chi connectivity index (χ1n) is 3.03. The molecule has 10 heavy (non-hydrogen) atoms. The summed E-state index contributed by atoms with van der Waals surface area (Å²) in [6, 6.07) is 7.97. The molecular weight excluding hydrogens is 191 g/mol. The Morgan fingerprint density at radius 3 is 2.80 bits per heavy atom. The van der Waals surface area contributed by atoms with Crippen molar-refractivity contribution >= 4 is 24.1 Å². The van der Waals surface area contributed by atoms with Crippen molar-refractivity contribution in [2.24, 2.45) is 0 Å². The first-order chi connectivity index (χ1) is 4.88. The number of benzene rings is 1. The summed E-state index contributed by atoms with van der Waals surface area (Å²) in [5, 5.41) is 10.3. The van der Waals surface area contributed by atoms with E-state index in [0.29, 0.717) is 20.3 Å². The predicted octanol–water partition coefficient (Wildman–Crippen LogP) is 1.60. The van der Waals surface area contributed by atoms with Gasteiger partial charge in [0, 0.05) is 0 Å². The van der Waals surface area contributed by atoms with Gasteiger partial charge in [0.2, 0.25) is 0 Å². The molecule has 0 aliphatic carbocycles. The number of hydrogen-bond donors (Lipinski definition) is 1. The van der Waals surface area contributed by atoms with E-state index >= 15 is 0 Å². The second-order valence-corrected chi connectivity index (χ2v) is 4.03. The van der Waals surface area contributed by atoms with Gasteiger partial charge in [-0.1, -0.05) is 0 Å². The molecule has 0 atom stereocenters. The van der Waals surface area contributed by atoms with Crippen LogP contribution in [-0.2, 0) is 0 Å². The summed E-state index contributed by atoms with van der Waals surface area (Å²) in [5.41, 5.74) is 0. The Kier molecular flexibility index (Phi) is 1.30. The van der Waals surface area contributed by atoms with E-state index in [-0.39, 0.29) is 0 Å².